The van der Waals surface area contributed by atoms with Crippen LogP contribution in [0.5, 0.6) is 5.75 Å². The fourth-order valence-electron chi connectivity index (χ4n) is 2.73. The number of fused-ring (bicyclic) bond motifs is 1. The van der Waals surface area contributed by atoms with Gasteiger partial charge >= 0.3 is 0 Å². The van der Waals surface area contributed by atoms with E-state index in [1.807, 2.05) is 38.1 Å². The first-order valence-electron chi connectivity index (χ1n) is 7.66. The van der Waals surface area contributed by atoms with Crippen LogP contribution in [0.2, 0.25) is 5.02 Å². The molecular formula is C19H18ClFN2O. The molecule has 2 aromatic carbocycles. The summed E-state index contributed by atoms with van der Waals surface area (Å²) in [6.45, 7) is 3.75. The lowest BCUT2D eigenvalue weighted by atomic mass is 10.1. The van der Waals surface area contributed by atoms with Gasteiger partial charge in [0.1, 0.15) is 11.6 Å². The molecule has 1 heterocycles. The van der Waals surface area contributed by atoms with E-state index in [4.69, 9.17) is 16.3 Å². The average molecular weight is 345 g/mol. The Kier molecular flexibility index (Phi) is 4.58. The smallest absolute Gasteiger partial charge is 0.128 e. The van der Waals surface area contributed by atoms with E-state index in [0.717, 1.165) is 22.3 Å². The van der Waals surface area contributed by atoms with Crippen molar-refractivity contribution in [2.45, 2.75) is 19.9 Å². The number of benzene rings is 2. The van der Waals surface area contributed by atoms with E-state index >= 15 is 0 Å². The zero-order chi connectivity index (χ0) is 17.3. The van der Waals surface area contributed by atoms with Crippen LogP contribution in [-0.4, -0.2) is 12.1 Å². The number of nitrogens with zero attached hydrogens (tertiary/aromatic N) is 1. The van der Waals surface area contributed by atoms with E-state index in [9.17, 15) is 4.39 Å². The predicted molar refractivity (Wildman–Crippen MR) is 96.5 cm³/mol. The summed E-state index contributed by atoms with van der Waals surface area (Å²) in [6, 6.07) is 12.1. The first-order chi connectivity index (χ1) is 11.5. The highest BCUT2D eigenvalue weighted by molar-refractivity contribution is 6.35. The molecule has 3 aromatic rings. The summed E-state index contributed by atoms with van der Waals surface area (Å²) < 4.78 is 19.4. The van der Waals surface area contributed by atoms with Gasteiger partial charge in [0.15, 0.2) is 0 Å². The van der Waals surface area contributed by atoms with Gasteiger partial charge in [-0.25, -0.2) is 4.39 Å². The van der Waals surface area contributed by atoms with Gasteiger partial charge in [-0.2, -0.15) is 0 Å². The molecule has 3 rings (SSSR count). The Morgan fingerprint density at radius 2 is 1.96 bits per heavy atom. The molecule has 124 valence electrons. The molecule has 0 amide bonds. The van der Waals surface area contributed by atoms with Crippen LogP contribution in [0.3, 0.4) is 0 Å². The van der Waals surface area contributed by atoms with Crippen molar-refractivity contribution < 1.29 is 9.13 Å². The number of pyridine rings is 1. The molecule has 5 heteroatoms. The minimum Gasteiger partial charge on any atom is -0.497 e. The van der Waals surface area contributed by atoms with Crippen molar-refractivity contribution in [3.05, 3.63) is 64.6 Å². The van der Waals surface area contributed by atoms with E-state index in [1.165, 1.54) is 6.07 Å². The Balaban J connectivity index is 2.05. The van der Waals surface area contributed by atoms with E-state index in [1.54, 1.807) is 19.2 Å². The minimum atomic E-state index is -0.290. The van der Waals surface area contributed by atoms with Gasteiger partial charge in [0.25, 0.3) is 0 Å². The summed E-state index contributed by atoms with van der Waals surface area (Å²) in [5.74, 6) is 0.323. The fourth-order valence-corrected chi connectivity index (χ4v) is 2.93. The molecule has 3 nitrogen and oxygen atoms in total. The number of aryl methyl sites for hydroxylation is 1. The lowest BCUT2D eigenvalue weighted by molar-refractivity contribution is 0.412. The van der Waals surface area contributed by atoms with Gasteiger partial charge in [-0.15, -0.1) is 0 Å². The van der Waals surface area contributed by atoms with Crippen molar-refractivity contribution in [2.75, 3.05) is 12.4 Å². The number of ether oxygens (including phenoxy) is 1. The fraction of sp³-hybridized carbons (Fsp3) is 0.211. The van der Waals surface area contributed by atoms with Crippen molar-refractivity contribution in [3.8, 4) is 5.75 Å². The molecule has 0 saturated heterocycles. The second-order valence-corrected chi connectivity index (χ2v) is 6.03. The summed E-state index contributed by atoms with van der Waals surface area (Å²) >= 11 is 6.46. The quantitative estimate of drug-likeness (QED) is 0.676. The third-order valence-electron chi connectivity index (χ3n) is 4.03. The lowest BCUT2D eigenvalue weighted by Gasteiger charge is -2.20. The Labute approximate surface area is 145 Å². The number of halogens is 2. The van der Waals surface area contributed by atoms with Gasteiger partial charge < -0.3 is 10.1 Å². The molecule has 0 aliphatic heterocycles. The molecule has 0 radical (unpaired) electrons. The zero-order valence-corrected chi connectivity index (χ0v) is 14.5. The zero-order valence-electron chi connectivity index (χ0n) is 13.7. The maximum absolute atomic E-state index is 14.2. The first-order valence-corrected chi connectivity index (χ1v) is 8.04. The maximum Gasteiger partial charge on any atom is 0.128 e. The van der Waals surface area contributed by atoms with Gasteiger partial charge in [0.05, 0.1) is 35.1 Å². The monoisotopic (exact) mass is 344 g/mol. The van der Waals surface area contributed by atoms with Crippen LogP contribution in [0, 0.1) is 12.7 Å². The first kappa shape index (κ1) is 16.5. The van der Waals surface area contributed by atoms with E-state index in [-0.39, 0.29) is 11.9 Å². The van der Waals surface area contributed by atoms with Gasteiger partial charge in [0, 0.05) is 10.9 Å². The topological polar surface area (TPSA) is 34.1 Å². The Morgan fingerprint density at radius 1 is 1.21 bits per heavy atom. The molecule has 1 aromatic heterocycles. The van der Waals surface area contributed by atoms with Crippen LogP contribution < -0.4 is 10.1 Å². The maximum atomic E-state index is 14.2. The number of rotatable bonds is 4. The standard InChI is InChI=1S/C19H18ClFN2O/c1-11(15-10-13(24-3)8-9-16(15)21)23-19-14-6-4-5-7-17(14)22-12(2)18(19)20/h4-11H,1-3H3,(H,22,23)/t11-/m1/s1. The van der Waals surface area contributed by atoms with Gasteiger partial charge in [-0.05, 0) is 38.1 Å². The molecule has 0 unspecified atom stereocenters. The highest BCUT2D eigenvalue weighted by Gasteiger charge is 2.17. The number of anilines is 1. The van der Waals surface area contributed by atoms with Crippen LogP contribution in [0.15, 0.2) is 42.5 Å². The molecule has 0 bridgehead atoms. The van der Waals surface area contributed by atoms with Crippen molar-refractivity contribution in [2.24, 2.45) is 0 Å². The van der Waals surface area contributed by atoms with Gasteiger partial charge in [-0.1, -0.05) is 29.8 Å². The van der Waals surface area contributed by atoms with Crippen LogP contribution in [0.1, 0.15) is 24.2 Å². The number of para-hydroxylation sites is 1. The number of methoxy groups -OCH3 is 1. The molecule has 0 aliphatic carbocycles. The normalized spacial score (nSPS) is 12.2. The molecule has 1 N–H and O–H groups in total. The van der Waals surface area contributed by atoms with Crippen molar-refractivity contribution in [3.63, 3.8) is 0 Å². The number of nitrogens with one attached hydrogen (secondary N) is 1. The SMILES string of the molecule is COc1ccc(F)c([C@@H](C)Nc2c(Cl)c(C)nc3ccccc23)c1. The molecule has 0 spiro atoms. The Bertz CT molecular complexity index is 898. The predicted octanol–water partition coefficient (Wildman–Crippen LogP) is 5.52. The molecule has 0 saturated carbocycles. The van der Waals surface area contributed by atoms with Crippen molar-refractivity contribution >= 4 is 28.2 Å². The van der Waals surface area contributed by atoms with Gasteiger partial charge in [0.2, 0.25) is 0 Å². The second-order valence-electron chi connectivity index (χ2n) is 5.66. The Morgan fingerprint density at radius 3 is 2.71 bits per heavy atom. The molecule has 0 aliphatic rings. The number of hydrogen-bond donors (Lipinski definition) is 1. The highest BCUT2D eigenvalue weighted by Crippen LogP contribution is 2.35. The third-order valence-corrected chi connectivity index (χ3v) is 4.49. The number of hydrogen-bond acceptors (Lipinski definition) is 3. The molecule has 24 heavy (non-hydrogen) atoms. The summed E-state index contributed by atoms with van der Waals surface area (Å²) in [5, 5.41) is 4.79. The lowest BCUT2D eigenvalue weighted by Crippen LogP contribution is -2.10. The van der Waals surface area contributed by atoms with Crippen molar-refractivity contribution in [1.29, 1.82) is 0 Å². The molecule has 1 atom stereocenters. The van der Waals surface area contributed by atoms with E-state index < -0.39 is 0 Å². The summed E-state index contributed by atoms with van der Waals surface area (Å²) in [7, 11) is 1.56. The van der Waals surface area contributed by atoms with E-state index in [2.05, 4.69) is 10.3 Å². The summed E-state index contributed by atoms with van der Waals surface area (Å²) in [6.07, 6.45) is 0. The van der Waals surface area contributed by atoms with Crippen LogP contribution in [-0.2, 0) is 0 Å². The third kappa shape index (κ3) is 3.02. The Hall–Kier alpha value is -2.33. The highest BCUT2D eigenvalue weighted by atomic mass is 35.5. The van der Waals surface area contributed by atoms with E-state index in [0.29, 0.717) is 16.3 Å². The van der Waals surface area contributed by atoms with Crippen LogP contribution in [0.4, 0.5) is 10.1 Å². The second kappa shape index (κ2) is 6.65. The number of aromatic nitrogens is 1. The van der Waals surface area contributed by atoms with Crippen LogP contribution >= 0.6 is 11.6 Å². The molecular weight excluding hydrogens is 327 g/mol. The minimum absolute atomic E-state index is 0.289. The molecule has 0 fully saturated rings. The van der Waals surface area contributed by atoms with Gasteiger partial charge in [-0.3, -0.25) is 4.98 Å². The summed E-state index contributed by atoms with van der Waals surface area (Å²) in [4.78, 5) is 4.49. The summed E-state index contributed by atoms with van der Waals surface area (Å²) in [5.41, 5.74) is 2.86. The average Bonchev–Trinajstić information content (AvgIpc) is 2.59. The largest absolute Gasteiger partial charge is 0.497 e. The van der Waals surface area contributed by atoms with Crippen LogP contribution in [0.25, 0.3) is 10.9 Å². The van der Waals surface area contributed by atoms with Crippen molar-refractivity contribution in [1.82, 2.24) is 4.98 Å².